The molecule has 0 saturated heterocycles. The van der Waals surface area contributed by atoms with Crippen LogP contribution in [0.5, 0.6) is 0 Å². The van der Waals surface area contributed by atoms with Gasteiger partial charge in [-0.05, 0) is 18.1 Å². The minimum atomic E-state index is -3.36. The van der Waals surface area contributed by atoms with Crippen molar-refractivity contribution in [1.29, 1.82) is 0 Å². The SMILES string of the molecule is COCCS(=O)(=O)N1CC(N)Cc2ccccc21. The first-order chi connectivity index (χ1) is 8.54. The second kappa shape index (κ2) is 5.26. The Bertz CT molecular complexity index is 516. The third kappa shape index (κ3) is 2.66. The summed E-state index contributed by atoms with van der Waals surface area (Å²) in [6.07, 6.45) is 0.715. The van der Waals surface area contributed by atoms with Crippen LogP contribution in [0.25, 0.3) is 0 Å². The molecule has 2 rings (SSSR count). The fourth-order valence-corrected chi connectivity index (χ4v) is 3.64. The molecule has 5 nitrogen and oxygen atoms in total. The molecule has 0 aromatic heterocycles. The Morgan fingerprint density at radius 1 is 1.44 bits per heavy atom. The van der Waals surface area contributed by atoms with E-state index >= 15 is 0 Å². The van der Waals surface area contributed by atoms with Gasteiger partial charge in [0.25, 0.3) is 0 Å². The van der Waals surface area contributed by atoms with Crippen LogP contribution in [0.3, 0.4) is 0 Å². The normalized spacial score (nSPS) is 19.7. The number of benzene rings is 1. The number of fused-ring (bicyclic) bond motifs is 1. The van der Waals surface area contributed by atoms with E-state index in [1.54, 1.807) is 0 Å². The Morgan fingerprint density at radius 2 is 2.17 bits per heavy atom. The molecule has 1 aromatic carbocycles. The average molecular weight is 270 g/mol. The van der Waals surface area contributed by atoms with Crippen molar-refractivity contribution in [1.82, 2.24) is 0 Å². The number of sulfonamides is 1. The first kappa shape index (κ1) is 13.3. The first-order valence-corrected chi connectivity index (χ1v) is 7.48. The van der Waals surface area contributed by atoms with E-state index in [1.807, 2.05) is 24.3 Å². The summed E-state index contributed by atoms with van der Waals surface area (Å²) in [6.45, 7) is 0.527. The molecule has 1 heterocycles. The van der Waals surface area contributed by atoms with Crippen molar-refractivity contribution in [3.63, 3.8) is 0 Å². The molecule has 0 bridgehead atoms. The van der Waals surface area contributed by atoms with Gasteiger partial charge in [0.2, 0.25) is 10.0 Å². The number of anilines is 1. The number of hydrogen-bond donors (Lipinski definition) is 1. The van der Waals surface area contributed by atoms with Crippen LogP contribution in [0.4, 0.5) is 5.69 Å². The summed E-state index contributed by atoms with van der Waals surface area (Å²) in [5, 5.41) is 0. The minimum Gasteiger partial charge on any atom is -0.384 e. The maximum atomic E-state index is 12.2. The van der Waals surface area contributed by atoms with Crippen molar-refractivity contribution in [2.45, 2.75) is 12.5 Å². The summed E-state index contributed by atoms with van der Waals surface area (Å²) < 4.78 is 30.7. The van der Waals surface area contributed by atoms with Crippen molar-refractivity contribution in [3.05, 3.63) is 29.8 Å². The van der Waals surface area contributed by atoms with Crippen molar-refractivity contribution in [2.24, 2.45) is 5.73 Å². The van der Waals surface area contributed by atoms with E-state index in [4.69, 9.17) is 10.5 Å². The number of ether oxygens (including phenoxy) is 1. The van der Waals surface area contributed by atoms with Crippen LogP contribution >= 0.6 is 0 Å². The van der Waals surface area contributed by atoms with Crippen LogP contribution < -0.4 is 10.0 Å². The van der Waals surface area contributed by atoms with Gasteiger partial charge in [-0.15, -0.1) is 0 Å². The Balaban J connectivity index is 2.34. The van der Waals surface area contributed by atoms with Gasteiger partial charge < -0.3 is 10.5 Å². The molecule has 0 saturated carbocycles. The Hall–Kier alpha value is -1.11. The molecule has 0 spiro atoms. The molecule has 0 fully saturated rings. The van der Waals surface area contributed by atoms with Crippen LogP contribution in [0.1, 0.15) is 5.56 Å². The van der Waals surface area contributed by atoms with Crippen molar-refractivity contribution in [2.75, 3.05) is 30.3 Å². The first-order valence-electron chi connectivity index (χ1n) is 5.87. The molecule has 100 valence electrons. The second-order valence-electron chi connectivity index (χ2n) is 4.43. The highest BCUT2D eigenvalue weighted by atomic mass is 32.2. The number of rotatable bonds is 4. The summed E-state index contributed by atoms with van der Waals surface area (Å²) in [5.41, 5.74) is 7.66. The van der Waals surface area contributed by atoms with Crippen LogP contribution in [0.15, 0.2) is 24.3 Å². The maximum Gasteiger partial charge on any atom is 0.237 e. The molecule has 0 aliphatic carbocycles. The van der Waals surface area contributed by atoms with E-state index in [0.29, 0.717) is 13.0 Å². The molecule has 1 aliphatic rings. The Labute approximate surface area is 108 Å². The van der Waals surface area contributed by atoms with Crippen molar-refractivity contribution in [3.8, 4) is 0 Å². The molecular formula is C12H18N2O3S. The summed E-state index contributed by atoms with van der Waals surface area (Å²) in [5.74, 6) is -0.0233. The third-order valence-electron chi connectivity index (χ3n) is 3.02. The lowest BCUT2D eigenvalue weighted by Gasteiger charge is -2.33. The summed E-state index contributed by atoms with van der Waals surface area (Å²) in [6, 6.07) is 7.33. The number of para-hydroxylation sites is 1. The van der Waals surface area contributed by atoms with E-state index in [1.165, 1.54) is 11.4 Å². The van der Waals surface area contributed by atoms with Crippen molar-refractivity contribution >= 4 is 15.7 Å². The van der Waals surface area contributed by atoms with Crippen LogP contribution in [-0.4, -0.2) is 40.5 Å². The van der Waals surface area contributed by atoms with Gasteiger partial charge >= 0.3 is 0 Å². The second-order valence-corrected chi connectivity index (χ2v) is 6.45. The van der Waals surface area contributed by atoms with Gasteiger partial charge in [0.05, 0.1) is 18.0 Å². The van der Waals surface area contributed by atoms with E-state index in [0.717, 1.165) is 11.3 Å². The van der Waals surface area contributed by atoms with Gasteiger partial charge in [0.1, 0.15) is 0 Å². The lowest BCUT2D eigenvalue weighted by Crippen LogP contribution is -2.47. The summed E-state index contributed by atoms with van der Waals surface area (Å²) >= 11 is 0. The Kier molecular flexibility index (Phi) is 3.89. The number of methoxy groups -OCH3 is 1. The minimum absolute atomic E-state index is 0.0233. The molecule has 1 unspecified atom stereocenters. The zero-order valence-corrected chi connectivity index (χ0v) is 11.2. The molecule has 0 amide bonds. The zero-order valence-electron chi connectivity index (χ0n) is 10.4. The highest BCUT2D eigenvalue weighted by Gasteiger charge is 2.30. The van der Waals surface area contributed by atoms with E-state index in [-0.39, 0.29) is 18.4 Å². The molecular weight excluding hydrogens is 252 g/mol. The molecule has 1 atom stereocenters. The highest BCUT2D eigenvalue weighted by molar-refractivity contribution is 7.92. The van der Waals surface area contributed by atoms with Gasteiger partial charge in [-0.1, -0.05) is 18.2 Å². The summed E-state index contributed by atoms with van der Waals surface area (Å²) in [4.78, 5) is 0. The molecule has 1 aliphatic heterocycles. The molecule has 2 N–H and O–H groups in total. The third-order valence-corrected chi connectivity index (χ3v) is 4.72. The lowest BCUT2D eigenvalue weighted by atomic mass is 10.0. The fourth-order valence-electron chi connectivity index (χ4n) is 2.15. The molecule has 1 aromatic rings. The lowest BCUT2D eigenvalue weighted by molar-refractivity contribution is 0.217. The monoisotopic (exact) mass is 270 g/mol. The highest BCUT2D eigenvalue weighted by Crippen LogP contribution is 2.28. The predicted molar refractivity (Wildman–Crippen MR) is 71.1 cm³/mol. The van der Waals surface area contributed by atoms with E-state index in [2.05, 4.69) is 0 Å². The smallest absolute Gasteiger partial charge is 0.237 e. The van der Waals surface area contributed by atoms with Crippen LogP contribution in [-0.2, 0) is 21.2 Å². The molecule has 18 heavy (non-hydrogen) atoms. The van der Waals surface area contributed by atoms with Crippen LogP contribution in [0.2, 0.25) is 0 Å². The quantitative estimate of drug-likeness (QED) is 0.857. The predicted octanol–water partition coefficient (Wildman–Crippen LogP) is 0.353. The van der Waals surface area contributed by atoms with Gasteiger partial charge in [0.15, 0.2) is 0 Å². The number of hydrogen-bond acceptors (Lipinski definition) is 4. The van der Waals surface area contributed by atoms with Gasteiger partial charge in [-0.25, -0.2) is 8.42 Å². The van der Waals surface area contributed by atoms with Crippen molar-refractivity contribution < 1.29 is 13.2 Å². The van der Waals surface area contributed by atoms with E-state index in [9.17, 15) is 8.42 Å². The van der Waals surface area contributed by atoms with Gasteiger partial charge in [-0.3, -0.25) is 4.31 Å². The largest absolute Gasteiger partial charge is 0.384 e. The Morgan fingerprint density at radius 3 is 2.89 bits per heavy atom. The number of nitrogens with two attached hydrogens (primary N) is 1. The molecule has 6 heteroatoms. The maximum absolute atomic E-state index is 12.2. The zero-order chi connectivity index (χ0) is 13.2. The fraction of sp³-hybridized carbons (Fsp3) is 0.500. The summed E-state index contributed by atoms with van der Waals surface area (Å²) in [7, 11) is -1.87. The topological polar surface area (TPSA) is 72.6 Å². The van der Waals surface area contributed by atoms with Crippen LogP contribution in [0, 0.1) is 0 Å². The standard InChI is InChI=1S/C12H18N2O3S/c1-17-6-7-18(15,16)14-9-11(13)8-10-4-2-3-5-12(10)14/h2-5,11H,6-9,13H2,1H3. The van der Waals surface area contributed by atoms with Gasteiger partial charge in [-0.2, -0.15) is 0 Å². The molecule has 0 radical (unpaired) electrons. The average Bonchev–Trinajstić information content (AvgIpc) is 2.35. The number of nitrogens with zero attached hydrogens (tertiary/aromatic N) is 1. The van der Waals surface area contributed by atoms with E-state index < -0.39 is 10.0 Å². The van der Waals surface area contributed by atoms with Gasteiger partial charge in [0, 0.05) is 19.7 Å².